The van der Waals surface area contributed by atoms with Gasteiger partial charge in [0.25, 0.3) is 0 Å². The van der Waals surface area contributed by atoms with E-state index in [1.54, 1.807) is 19.1 Å². The number of halogens is 1. The first-order chi connectivity index (χ1) is 19.3. The molecule has 3 aromatic carbocycles. The second kappa shape index (κ2) is 12.6. The second-order valence-corrected chi connectivity index (χ2v) is 10.2. The molecule has 0 aliphatic carbocycles. The van der Waals surface area contributed by atoms with Gasteiger partial charge in [0.2, 0.25) is 5.91 Å². The Balaban J connectivity index is 1.77. The summed E-state index contributed by atoms with van der Waals surface area (Å²) in [5, 5.41) is 22.0. The van der Waals surface area contributed by atoms with Gasteiger partial charge in [-0.2, -0.15) is 5.26 Å². The van der Waals surface area contributed by atoms with E-state index in [2.05, 4.69) is 11.4 Å². The van der Waals surface area contributed by atoms with Gasteiger partial charge in [0.15, 0.2) is 11.5 Å². The molecule has 0 radical (unpaired) electrons. The smallest absolute Gasteiger partial charge is 0.337 e. The summed E-state index contributed by atoms with van der Waals surface area (Å²) in [7, 11) is 3.07. The highest BCUT2D eigenvalue weighted by Crippen LogP contribution is 2.42. The Labute approximate surface area is 240 Å². The van der Waals surface area contributed by atoms with Gasteiger partial charge in [-0.05, 0) is 37.3 Å². The number of aromatic carboxylic acids is 1. The van der Waals surface area contributed by atoms with Crippen molar-refractivity contribution in [2.45, 2.75) is 17.2 Å². The fraction of sp³-hybridized carbons (Fsp3) is 0.133. The van der Waals surface area contributed by atoms with Crippen molar-refractivity contribution in [2.75, 3.05) is 19.5 Å². The summed E-state index contributed by atoms with van der Waals surface area (Å²) in [4.78, 5) is 29.3. The number of carbonyl (C=O) groups excluding carboxylic acids is 1. The molecule has 0 saturated carbocycles. The molecule has 0 fully saturated rings. The molecule has 1 atom stereocenters. The van der Waals surface area contributed by atoms with Gasteiger partial charge in [-0.25, -0.2) is 9.78 Å². The van der Waals surface area contributed by atoms with E-state index in [1.807, 2.05) is 42.5 Å². The summed E-state index contributed by atoms with van der Waals surface area (Å²) in [6.45, 7) is 1.68. The van der Waals surface area contributed by atoms with E-state index in [0.29, 0.717) is 33.3 Å². The number of methoxy groups -OCH3 is 2. The third kappa shape index (κ3) is 6.04. The maximum Gasteiger partial charge on any atom is 0.337 e. The van der Waals surface area contributed by atoms with Gasteiger partial charge in [0.05, 0.1) is 41.3 Å². The van der Waals surface area contributed by atoms with Gasteiger partial charge in [-0.3, -0.25) is 4.79 Å². The van der Waals surface area contributed by atoms with Crippen molar-refractivity contribution in [1.82, 2.24) is 4.98 Å². The fourth-order valence-electron chi connectivity index (χ4n) is 4.02. The molecular formula is C30H24ClN3O5S. The maximum atomic E-state index is 13.1. The molecule has 1 amide bonds. The number of hydrogen-bond acceptors (Lipinski definition) is 7. The number of hydrogen-bond donors (Lipinski definition) is 2. The molecule has 2 N–H and O–H groups in total. The molecule has 0 bridgehead atoms. The lowest BCUT2D eigenvalue weighted by atomic mass is 9.98. The molecule has 4 aromatic rings. The number of para-hydroxylation sites is 1. The zero-order chi connectivity index (χ0) is 28.8. The Morgan fingerprint density at radius 3 is 2.42 bits per heavy atom. The topological polar surface area (TPSA) is 122 Å². The number of aromatic nitrogens is 1. The van der Waals surface area contributed by atoms with E-state index in [4.69, 9.17) is 26.1 Å². The normalized spacial score (nSPS) is 11.3. The number of nitrogens with zero attached hydrogens (tertiary/aromatic N) is 2. The Hall–Kier alpha value is -4.52. The van der Waals surface area contributed by atoms with Gasteiger partial charge >= 0.3 is 5.97 Å². The van der Waals surface area contributed by atoms with Crippen LogP contribution in [0.25, 0.3) is 22.4 Å². The van der Waals surface area contributed by atoms with Crippen molar-refractivity contribution in [2.24, 2.45) is 0 Å². The van der Waals surface area contributed by atoms with Crippen molar-refractivity contribution in [1.29, 1.82) is 5.26 Å². The molecule has 0 aliphatic heterocycles. The fourth-order valence-corrected chi connectivity index (χ4v) is 5.14. The summed E-state index contributed by atoms with van der Waals surface area (Å²) in [6, 6.07) is 23.2. The van der Waals surface area contributed by atoms with Crippen LogP contribution in [0.3, 0.4) is 0 Å². The van der Waals surface area contributed by atoms with E-state index in [9.17, 15) is 20.0 Å². The van der Waals surface area contributed by atoms with E-state index in [1.165, 1.54) is 32.4 Å². The Morgan fingerprint density at radius 1 is 1.02 bits per heavy atom. The number of nitriles is 1. The molecule has 0 aliphatic rings. The van der Waals surface area contributed by atoms with Crippen LogP contribution in [0.2, 0.25) is 5.02 Å². The average molecular weight is 574 g/mol. The number of carboxylic acids is 1. The van der Waals surface area contributed by atoms with Gasteiger partial charge in [-0.15, -0.1) is 0 Å². The van der Waals surface area contributed by atoms with Crippen LogP contribution >= 0.6 is 23.4 Å². The molecule has 10 heteroatoms. The molecule has 4 rings (SSSR count). The van der Waals surface area contributed by atoms with Gasteiger partial charge in [0.1, 0.15) is 11.1 Å². The summed E-state index contributed by atoms with van der Waals surface area (Å²) in [6.07, 6.45) is 0. The number of amides is 1. The first-order valence-corrected chi connectivity index (χ1v) is 13.2. The van der Waals surface area contributed by atoms with Crippen LogP contribution in [0.4, 0.5) is 5.69 Å². The number of benzene rings is 3. The third-order valence-corrected chi connectivity index (χ3v) is 7.40. The SMILES string of the molecule is COc1cccc(-c2cc(-c3ccccc3)nc(SC(C)C(=O)Nc3ccc(Cl)c(C(=O)O)c3)c2C#N)c1OC. The van der Waals surface area contributed by atoms with Crippen LogP contribution in [-0.4, -0.2) is 41.4 Å². The second-order valence-electron chi connectivity index (χ2n) is 8.50. The molecule has 1 heterocycles. The number of pyridine rings is 1. The van der Waals surface area contributed by atoms with Crippen LogP contribution in [0.5, 0.6) is 11.5 Å². The Bertz CT molecular complexity index is 1620. The highest BCUT2D eigenvalue weighted by molar-refractivity contribution is 8.00. The lowest BCUT2D eigenvalue weighted by Gasteiger charge is -2.18. The van der Waals surface area contributed by atoms with Crippen molar-refractivity contribution in [3.63, 3.8) is 0 Å². The zero-order valence-corrected chi connectivity index (χ0v) is 23.3. The predicted molar refractivity (Wildman–Crippen MR) is 155 cm³/mol. The van der Waals surface area contributed by atoms with Crippen molar-refractivity contribution >= 4 is 40.9 Å². The largest absolute Gasteiger partial charge is 0.493 e. The van der Waals surface area contributed by atoms with Crippen LogP contribution in [0.1, 0.15) is 22.8 Å². The third-order valence-electron chi connectivity index (χ3n) is 5.98. The van der Waals surface area contributed by atoms with Crippen LogP contribution in [-0.2, 0) is 4.79 Å². The van der Waals surface area contributed by atoms with E-state index >= 15 is 0 Å². The summed E-state index contributed by atoms with van der Waals surface area (Å²) < 4.78 is 11.1. The van der Waals surface area contributed by atoms with Crippen molar-refractivity contribution in [3.05, 3.63) is 88.9 Å². The van der Waals surface area contributed by atoms with E-state index < -0.39 is 17.1 Å². The zero-order valence-electron chi connectivity index (χ0n) is 21.8. The van der Waals surface area contributed by atoms with Crippen LogP contribution < -0.4 is 14.8 Å². The average Bonchev–Trinajstić information content (AvgIpc) is 2.97. The van der Waals surface area contributed by atoms with Gasteiger partial charge in [0, 0.05) is 22.4 Å². The molecule has 1 aromatic heterocycles. The minimum Gasteiger partial charge on any atom is -0.493 e. The number of ether oxygens (including phenoxy) is 2. The predicted octanol–water partition coefficient (Wildman–Crippen LogP) is 6.78. The number of carboxylic acid groups (broad SMARTS) is 1. The molecule has 40 heavy (non-hydrogen) atoms. The summed E-state index contributed by atoms with van der Waals surface area (Å²) in [5.74, 6) is -0.636. The van der Waals surface area contributed by atoms with Crippen molar-refractivity contribution in [3.8, 4) is 40.0 Å². The van der Waals surface area contributed by atoms with Crippen LogP contribution in [0, 0.1) is 11.3 Å². The number of nitrogens with one attached hydrogen (secondary N) is 1. The number of carbonyl (C=O) groups is 2. The minimum atomic E-state index is -1.20. The number of rotatable bonds is 9. The first-order valence-electron chi connectivity index (χ1n) is 12.0. The Kier molecular flexibility index (Phi) is 8.94. The highest BCUT2D eigenvalue weighted by Gasteiger charge is 2.24. The molecule has 0 spiro atoms. The quantitative estimate of drug-likeness (QED) is 0.210. The van der Waals surface area contributed by atoms with Crippen LogP contribution in [0.15, 0.2) is 77.8 Å². The Morgan fingerprint density at radius 2 is 1.77 bits per heavy atom. The van der Waals surface area contributed by atoms with E-state index in [-0.39, 0.29) is 21.8 Å². The molecule has 1 unspecified atom stereocenters. The monoisotopic (exact) mass is 573 g/mol. The summed E-state index contributed by atoms with van der Waals surface area (Å²) >= 11 is 7.07. The van der Waals surface area contributed by atoms with Crippen molar-refractivity contribution < 1.29 is 24.2 Å². The lowest BCUT2D eigenvalue weighted by Crippen LogP contribution is -2.23. The molecular weight excluding hydrogens is 550 g/mol. The van der Waals surface area contributed by atoms with Gasteiger partial charge in [-0.1, -0.05) is 65.8 Å². The lowest BCUT2D eigenvalue weighted by molar-refractivity contribution is -0.115. The van der Waals surface area contributed by atoms with E-state index in [0.717, 1.165) is 17.3 Å². The molecule has 0 saturated heterocycles. The standard InChI is InChI=1S/C30H24ClN3O5S/c1-17(28(35)33-19-12-13-24(31)22(14-19)30(36)37)40-29-23(16-32)21(15-25(34-29)18-8-5-4-6-9-18)20-10-7-11-26(38-2)27(20)39-3/h4-15,17H,1-3H3,(H,33,35)(H,36,37). The highest BCUT2D eigenvalue weighted by atomic mass is 35.5. The maximum absolute atomic E-state index is 13.1. The first kappa shape index (κ1) is 28.5. The number of thioether (sulfide) groups is 1. The molecule has 202 valence electrons. The number of anilines is 1. The molecule has 8 nitrogen and oxygen atoms in total. The minimum absolute atomic E-state index is 0.0639. The summed E-state index contributed by atoms with van der Waals surface area (Å²) in [5.41, 5.74) is 3.09. The van der Waals surface area contributed by atoms with Gasteiger partial charge < -0.3 is 19.9 Å².